The lowest BCUT2D eigenvalue weighted by Crippen LogP contribution is -1.74. The smallest absolute Gasteiger partial charge is 0.125 e. The third-order valence-corrected chi connectivity index (χ3v) is 0.889. The third-order valence-electron chi connectivity index (χ3n) is 0.387. The first kappa shape index (κ1) is 7.67. The van der Waals surface area contributed by atoms with E-state index in [1.165, 1.54) is 0 Å². The summed E-state index contributed by atoms with van der Waals surface area (Å²) in [7, 11) is 0. The van der Waals surface area contributed by atoms with Gasteiger partial charge in [-0.3, -0.25) is 0 Å². The summed E-state index contributed by atoms with van der Waals surface area (Å²) in [6.07, 6.45) is 3.48. The van der Waals surface area contributed by atoms with E-state index in [0.717, 1.165) is 0 Å². The fraction of sp³-hybridized carbons (Fsp3) is 0.500. The molecule has 0 aliphatic carbocycles. The van der Waals surface area contributed by atoms with Crippen LogP contribution in [0.5, 0.6) is 0 Å². The minimum Gasteiger partial charge on any atom is -0.175 e. The van der Waals surface area contributed by atoms with Gasteiger partial charge in [-0.05, 0) is 0 Å². The van der Waals surface area contributed by atoms with Gasteiger partial charge in [-0.2, -0.15) is 12.6 Å². The molecule has 42 valence electrons. The van der Waals surface area contributed by atoms with E-state index in [1.807, 2.05) is 0 Å². The molecule has 0 saturated heterocycles. The van der Waals surface area contributed by atoms with E-state index >= 15 is 0 Å². The molecule has 0 aromatic rings. The summed E-state index contributed by atoms with van der Waals surface area (Å²) in [5.41, 5.74) is 0. The molecule has 0 fully saturated rings. The van der Waals surface area contributed by atoms with Crippen molar-refractivity contribution in [2.24, 2.45) is 0 Å². The Morgan fingerprint density at radius 3 is 2.29 bits per heavy atom. The molecular weight excluding hydrogens is 151 g/mol. The van der Waals surface area contributed by atoms with Crippen LogP contribution in [0.25, 0.3) is 0 Å². The minimum absolute atomic E-state index is 0.382. The number of halogens is 2. The summed E-state index contributed by atoms with van der Waals surface area (Å²) in [5, 5.41) is 0. The molecule has 0 bridgehead atoms. The summed E-state index contributed by atoms with van der Waals surface area (Å²) in [6.45, 7) is 0. The molecule has 3 heteroatoms. The first-order chi connectivity index (χ1) is 3.27. The van der Waals surface area contributed by atoms with Crippen LogP contribution in [0.15, 0.2) is 12.2 Å². The second-order valence-electron chi connectivity index (χ2n) is 0.945. The van der Waals surface area contributed by atoms with E-state index in [4.69, 9.17) is 23.2 Å². The quantitative estimate of drug-likeness (QED) is 0.354. The van der Waals surface area contributed by atoms with Gasteiger partial charge in [0.15, 0.2) is 0 Å². The lowest BCUT2D eigenvalue weighted by molar-refractivity contribution is 1.57. The maximum atomic E-state index is 5.30. The molecule has 0 unspecified atom stereocenters. The maximum Gasteiger partial charge on any atom is 0.125 e. The van der Waals surface area contributed by atoms with Gasteiger partial charge in [0, 0.05) is 5.75 Å². The molecule has 0 radical (unpaired) electrons. The van der Waals surface area contributed by atoms with Crippen LogP contribution in [0.2, 0.25) is 0 Å². The van der Waals surface area contributed by atoms with E-state index in [0.29, 0.717) is 5.75 Å². The SMILES string of the molecule is SCC=CC(Cl)Cl. The van der Waals surface area contributed by atoms with Crippen molar-refractivity contribution in [1.29, 1.82) is 0 Å². The molecule has 0 spiro atoms. The zero-order valence-electron chi connectivity index (χ0n) is 3.64. The highest BCUT2D eigenvalue weighted by molar-refractivity contribution is 7.80. The predicted octanol–water partition coefficient (Wildman–Crippen LogP) is 2.28. The molecule has 0 heterocycles. The van der Waals surface area contributed by atoms with Crippen molar-refractivity contribution in [3.8, 4) is 0 Å². The van der Waals surface area contributed by atoms with E-state index < -0.39 is 0 Å². The summed E-state index contributed by atoms with van der Waals surface area (Å²) >= 11 is 14.5. The molecule has 0 atom stereocenters. The van der Waals surface area contributed by atoms with Gasteiger partial charge in [-0.1, -0.05) is 12.2 Å². The number of thiol groups is 1. The van der Waals surface area contributed by atoms with Crippen molar-refractivity contribution in [3.63, 3.8) is 0 Å². The van der Waals surface area contributed by atoms with Crippen molar-refractivity contribution in [3.05, 3.63) is 12.2 Å². The average Bonchev–Trinajstić information content (AvgIpc) is 1.61. The third kappa shape index (κ3) is 6.67. The zero-order valence-corrected chi connectivity index (χ0v) is 6.05. The largest absolute Gasteiger partial charge is 0.175 e. The summed E-state index contributed by atoms with van der Waals surface area (Å²) in [4.78, 5) is -0.382. The Kier molecular flexibility index (Phi) is 5.28. The Morgan fingerprint density at radius 1 is 1.57 bits per heavy atom. The van der Waals surface area contributed by atoms with Gasteiger partial charge in [0.1, 0.15) is 4.84 Å². The Hall–Kier alpha value is 0.670. The molecule has 0 aromatic heterocycles. The van der Waals surface area contributed by atoms with Gasteiger partial charge in [0.2, 0.25) is 0 Å². The fourth-order valence-corrected chi connectivity index (χ4v) is 0.491. The molecule has 0 nitrogen and oxygen atoms in total. The van der Waals surface area contributed by atoms with Crippen molar-refractivity contribution < 1.29 is 0 Å². The Bertz CT molecular complexity index is 60.7. The van der Waals surface area contributed by atoms with Gasteiger partial charge >= 0.3 is 0 Å². The van der Waals surface area contributed by atoms with Crippen molar-refractivity contribution >= 4 is 35.8 Å². The van der Waals surface area contributed by atoms with Gasteiger partial charge in [-0.15, -0.1) is 23.2 Å². The monoisotopic (exact) mass is 156 g/mol. The summed E-state index contributed by atoms with van der Waals surface area (Å²) in [6, 6.07) is 0. The van der Waals surface area contributed by atoms with Gasteiger partial charge in [0.25, 0.3) is 0 Å². The van der Waals surface area contributed by atoms with Crippen LogP contribution in [0.3, 0.4) is 0 Å². The highest BCUT2D eigenvalue weighted by Gasteiger charge is 1.84. The molecule has 0 amide bonds. The lowest BCUT2D eigenvalue weighted by Gasteiger charge is -1.83. The minimum atomic E-state index is -0.382. The van der Waals surface area contributed by atoms with Crippen molar-refractivity contribution in [1.82, 2.24) is 0 Å². The molecule has 0 aliphatic heterocycles. The van der Waals surface area contributed by atoms with Gasteiger partial charge < -0.3 is 0 Å². The molecular formula is C4H6Cl2S. The van der Waals surface area contributed by atoms with Crippen LogP contribution in [0, 0.1) is 0 Å². The first-order valence-corrected chi connectivity index (χ1v) is 3.33. The molecule has 0 saturated carbocycles. The van der Waals surface area contributed by atoms with Crippen LogP contribution < -0.4 is 0 Å². The maximum absolute atomic E-state index is 5.30. The number of alkyl halides is 2. The number of rotatable bonds is 2. The zero-order chi connectivity index (χ0) is 5.70. The number of hydrogen-bond acceptors (Lipinski definition) is 1. The highest BCUT2D eigenvalue weighted by atomic mass is 35.5. The van der Waals surface area contributed by atoms with E-state index in [1.54, 1.807) is 12.2 Å². The van der Waals surface area contributed by atoms with Gasteiger partial charge in [-0.25, -0.2) is 0 Å². The van der Waals surface area contributed by atoms with Gasteiger partial charge in [0.05, 0.1) is 0 Å². The molecule has 0 aliphatic rings. The molecule has 0 N–H and O–H groups in total. The molecule has 0 aromatic carbocycles. The van der Waals surface area contributed by atoms with Crippen LogP contribution in [0.4, 0.5) is 0 Å². The average molecular weight is 157 g/mol. The second kappa shape index (κ2) is 4.82. The molecule has 7 heavy (non-hydrogen) atoms. The van der Waals surface area contributed by atoms with E-state index in [-0.39, 0.29) is 4.84 Å². The summed E-state index contributed by atoms with van der Waals surface area (Å²) in [5.74, 6) is 0.690. The number of allylic oxidation sites excluding steroid dienone is 1. The topological polar surface area (TPSA) is 0 Å². The Morgan fingerprint density at radius 2 is 2.14 bits per heavy atom. The van der Waals surface area contributed by atoms with Crippen LogP contribution in [-0.2, 0) is 0 Å². The van der Waals surface area contributed by atoms with E-state index in [2.05, 4.69) is 12.6 Å². The van der Waals surface area contributed by atoms with Crippen LogP contribution in [0.1, 0.15) is 0 Å². The van der Waals surface area contributed by atoms with Crippen LogP contribution >= 0.6 is 35.8 Å². The van der Waals surface area contributed by atoms with Crippen molar-refractivity contribution in [2.75, 3.05) is 5.75 Å². The van der Waals surface area contributed by atoms with Crippen molar-refractivity contribution in [2.45, 2.75) is 4.84 Å². The Balaban J connectivity index is 3.08. The lowest BCUT2D eigenvalue weighted by atomic mass is 10.6. The van der Waals surface area contributed by atoms with E-state index in [9.17, 15) is 0 Å². The molecule has 0 rings (SSSR count). The standard InChI is InChI=1S/C4H6Cl2S/c5-4(6)2-1-3-7/h1-2,4,7H,3H2. The normalized spacial score (nSPS) is 11.4. The highest BCUT2D eigenvalue weighted by Crippen LogP contribution is 2.01. The predicted molar refractivity (Wildman–Crippen MR) is 38.5 cm³/mol. The first-order valence-electron chi connectivity index (χ1n) is 1.83. The second-order valence-corrected chi connectivity index (χ2v) is 2.47. The fourth-order valence-electron chi connectivity index (χ4n) is 0.164. The van der Waals surface area contributed by atoms with Crippen LogP contribution in [-0.4, -0.2) is 10.6 Å². The summed E-state index contributed by atoms with van der Waals surface area (Å²) < 4.78 is 0. The number of hydrogen-bond donors (Lipinski definition) is 1. The Labute approximate surface area is 58.9 Å².